The van der Waals surface area contributed by atoms with E-state index in [1.54, 1.807) is 0 Å². The van der Waals surface area contributed by atoms with E-state index < -0.39 is 0 Å². The van der Waals surface area contributed by atoms with Gasteiger partial charge in [0.15, 0.2) is 0 Å². The third-order valence-corrected chi connectivity index (χ3v) is 3.05. The second kappa shape index (κ2) is 3.97. The molecule has 5 nitrogen and oxygen atoms in total. The van der Waals surface area contributed by atoms with Gasteiger partial charge in [-0.05, 0) is 25.1 Å². The Labute approximate surface area is 81.3 Å². The molecule has 0 amide bonds. The summed E-state index contributed by atoms with van der Waals surface area (Å²) in [7, 11) is 2.01. The monoisotopic (exact) mass is 199 g/mol. The van der Waals surface area contributed by atoms with Crippen molar-refractivity contribution in [2.45, 2.75) is 18.9 Å². The third kappa shape index (κ3) is 1.94. The van der Waals surface area contributed by atoms with E-state index in [4.69, 9.17) is 0 Å². The van der Waals surface area contributed by atoms with Gasteiger partial charge in [0.05, 0.1) is 0 Å². The van der Waals surface area contributed by atoms with Crippen LogP contribution in [0.15, 0.2) is 0 Å². The average Bonchev–Trinajstić information content (AvgIpc) is 2.71. The molecule has 6 heteroatoms. The molecule has 13 heavy (non-hydrogen) atoms. The Morgan fingerprint density at radius 1 is 1.62 bits per heavy atom. The summed E-state index contributed by atoms with van der Waals surface area (Å²) >= 11 is 1.37. The van der Waals surface area contributed by atoms with E-state index in [0.717, 1.165) is 18.2 Å². The maximum absolute atomic E-state index is 3.96. The van der Waals surface area contributed by atoms with Gasteiger partial charge in [0.1, 0.15) is 0 Å². The first-order chi connectivity index (χ1) is 6.40. The van der Waals surface area contributed by atoms with Gasteiger partial charge < -0.3 is 10.2 Å². The van der Waals surface area contributed by atoms with E-state index in [2.05, 4.69) is 25.0 Å². The molecule has 72 valence electrons. The van der Waals surface area contributed by atoms with Crippen LogP contribution in [0.4, 0.5) is 5.13 Å². The van der Waals surface area contributed by atoms with Crippen LogP contribution >= 0.6 is 11.5 Å². The van der Waals surface area contributed by atoms with Crippen molar-refractivity contribution in [3.05, 3.63) is 0 Å². The number of nitrogens with zero attached hydrogens (tertiary/aromatic N) is 4. The largest absolute Gasteiger partial charge is 0.344 e. The second-order valence-corrected chi connectivity index (χ2v) is 3.93. The molecule has 1 N–H and O–H groups in total. The molecule has 1 unspecified atom stereocenters. The van der Waals surface area contributed by atoms with Crippen molar-refractivity contribution in [2.75, 3.05) is 25.0 Å². The number of rotatable bonds is 2. The summed E-state index contributed by atoms with van der Waals surface area (Å²) in [6.07, 6.45) is 2.46. The van der Waals surface area contributed by atoms with Crippen LogP contribution in [0.5, 0.6) is 0 Å². The van der Waals surface area contributed by atoms with Crippen LogP contribution in [0, 0.1) is 0 Å². The summed E-state index contributed by atoms with van der Waals surface area (Å²) in [5.41, 5.74) is 0. The van der Waals surface area contributed by atoms with Crippen molar-refractivity contribution >= 4 is 16.7 Å². The molecule has 0 saturated carbocycles. The van der Waals surface area contributed by atoms with Gasteiger partial charge in [-0.25, -0.2) is 0 Å². The molecule has 1 fully saturated rings. The molecule has 0 aromatic carbocycles. The summed E-state index contributed by atoms with van der Waals surface area (Å²) in [6, 6.07) is 0.581. The van der Waals surface area contributed by atoms with Gasteiger partial charge in [-0.15, -0.1) is 0 Å². The summed E-state index contributed by atoms with van der Waals surface area (Å²) in [5, 5.41) is 11.8. The predicted octanol–water partition coefficient (Wildman–Crippen LogP) is 0.121. The van der Waals surface area contributed by atoms with Gasteiger partial charge in [-0.1, -0.05) is 9.59 Å². The fourth-order valence-corrected chi connectivity index (χ4v) is 2.14. The van der Waals surface area contributed by atoms with Crippen LogP contribution in [0.2, 0.25) is 0 Å². The molecule has 0 spiro atoms. The molecule has 1 aromatic rings. The number of piperidine rings is 1. The number of hydrogen-bond donors (Lipinski definition) is 1. The van der Waals surface area contributed by atoms with Crippen LogP contribution in [0.3, 0.4) is 0 Å². The molecular weight excluding hydrogens is 186 g/mol. The van der Waals surface area contributed by atoms with Crippen LogP contribution in [0.1, 0.15) is 12.8 Å². The Morgan fingerprint density at radius 3 is 3.23 bits per heavy atom. The Kier molecular flexibility index (Phi) is 2.70. The van der Waals surface area contributed by atoms with Gasteiger partial charge in [0.25, 0.3) is 0 Å². The van der Waals surface area contributed by atoms with E-state index in [1.807, 2.05) is 7.05 Å². The van der Waals surface area contributed by atoms with Crippen molar-refractivity contribution in [2.24, 2.45) is 0 Å². The highest BCUT2D eigenvalue weighted by Gasteiger charge is 2.20. The lowest BCUT2D eigenvalue weighted by Gasteiger charge is -2.31. The van der Waals surface area contributed by atoms with E-state index in [9.17, 15) is 0 Å². The van der Waals surface area contributed by atoms with Gasteiger partial charge in [-0.2, -0.15) is 0 Å². The molecule has 0 bridgehead atoms. The first-order valence-electron chi connectivity index (χ1n) is 4.47. The van der Waals surface area contributed by atoms with E-state index >= 15 is 0 Å². The highest BCUT2D eigenvalue weighted by atomic mass is 32.1. The zero-order valence-electron chi connectivity index (χ0n) is 7.60. The third-order valence-electron chi connectivity index (χ3n) is 2.39. The molecule has 2 heterocycles. The van der Waals surface area contributed by atoms with Crippen molar-refractivity contribution in [1.29, 1.82) is 0 Å². The lowest BCUT2D eigenvalue weighted by Crippen LogP contribution is -2.44. The van der Waals surface area contributed by atoms with Crippen molar-refractivity contribution in [3.63, 3.8) is 0 Å². The molecule has 1 saturated heterocycles. The van der Waals surface area contributed by atoms with Crippen LogP contribution in [-0.4, -0.2) is 41.0 Å². The van der Waals surface area contributed by atoms with Crippen molar-refractivity contribution in [1.82, 2.24) is 20.1 Å². The topological polar surface area (TPSA) is 53.9 Å². The maximum atomic E-state index is 3.96. The normalized spacial score (nSPS) is 23.5. The van der Waals surface area contributed by atoms with Crippen molar-refractivity contribution < 1.29 is 0 Å². The van der Waals surface area contributed by atoms with Crippen LogP contribution in [0.25, 0.3) is 0 Å². The van der Waals surface area contributed by atoms with E-state index in [-0.39, 0.29) is 0 Å². The number of hydrogen-bond acceptors (Lipinski definition) is 6. The molecule has 0 aliphatic carbocycles. The molecular formula is C7H13N5S. The van der Waals surface area contributed by atoms with Crippen LogP contribution < -0.4 is 10.2 Å². The highest BCUT2D eigenvalue weighted by Crippen LogP contribution is 2.19. The lowest BCUT2D eigenvalue weighted by atomic mass is 10.1. The predicted molar refractivity (Wildman–Crippen MR) is 52.0 cm³/mol. The molecule has 0 radical (unpaired) electrons. The van der Waals surface area contributed by atoms with Gasteiger partial charge in [0.2, 0.25) is 5.13 Å². The summed E-state index contributed by atoms with van der Waals surface area (Å²) in [6.45, 7) is 2.10. The fourth-order valence-electron chi connectivity index (χ4n) is 1.64. The molecule has 1 atom stereocenters. The minimum absolute atomic E-state index is 0.581. The van der Waals surface area contributed by atoms with E-state index in [1.165, 1.54) is 24.4 Å². The Balaban J connectivity index is 2.00. The standard InChI is InChI=1S/C7H13N5S/c1-8-6-3-2-4-12(5-6)7-9-10-11-13-7/h6,8H,2-5H2,1H3. The fraction of sp³-hybridized carbons (Fsp3) is 0.857. The van der Waals surface area contributed by atoms with Gasteiger partial charge in [-0.3, -0.25) is 0 Å². The minimum atomic E-state index is 0.581. The molecule has 2 rings (SSSR count). The SMILES string of the molecule is CNC1CCCN(c2nnns2)C1. The molecule has 1 aliphatic heterocycles. The Bertz CT molecular complexity index is 249. The first kappa shape index (κ1) is 8.83. The van der Waals surface area contributed by atoms with Gasteiger partial charge >= 0.3 is 0 Å². The number of aromatic nitrogens is 3. The van der Waals surface area contributed by atoms with Crippen molar-refractivity contribution in [3.8, 4) is 0 Å². The first-order valence-corrected chi connectivity index (χ1v) is 5.24. The van der Waals surface area contributed by atoms with Gasteiger partial charge in [0, 0.05) is 30.7 Å². The quantitative estimate of drug-likeness (QED) is 0.733. The summed E-state index contributed by atoms with van der Waals surface area (Å²) < 4.78 is 3.77. The average molecular weight is 199 g/mol. The highest BCUT2D eigenvalue weighted by molar-refractivity contribution is 7.09. The second-order valence-electron chi connectivity index (χ2n) is 3.22. The Morgan fingerprint density at radius 2 is 2.54 bits per heavy atom. The summed E-state index contributed by atoms with van der Waals surface area (Å²) in [5.74, 6) is 0. The zero-order chi connectivity index (χ0) is 9.10. The maximum Gasteiger partial charge on any atom is 0.227 e. The minimum Gasteiger partial charge on any atom is -0.344 e. The summed E-state index contributed by atoms with van der Waals surface area (Å²) in [4.78, 5) is 2.25. The number of anilines is 1. The number of nitrogens with one attached hydrogen (secondary N) is 1. The smallest absolute Gasteiger partial charge is 0.227 e. The van der Waals surface area contributed by atoms with Crippen LogP contribution in [-0.2, 0) is 0 Å². The Hall–Kier alpha value is -0.750. The lowest BCUT2D eigenvalue weighted by molar-refractivity contribution is 0.449. The van der Waals surface area contributed by atoms with E-state index in [0.29, 0.717) is 6.04 Å². The number of likely N-dealkylation sites (N-methyl/N-ethyl adjacent to an activating group) is 1. The zero-order valence-corrected chi connectivity index (χ0v) is 8.42. The molecule has 1 aliphatic rings. The molecule has 1 aromatic heterocycles.